The highest BCUT2D eigenvalue weighted by atomic mass is 16.7. The molecule has 1 aliphatic rings. The first-order valence-electron chi connectivity index (χ1n) is 8.99. The van der Waals surface area contributed by atoms with E-state index in [0.717, 1.165) is 17.3 Å². The van der Waals surface area contributed by atoms with Gasteiger partial charge in [0.25, 0.3) is 0 Å². The number of aromatic nitrogens is 1. The summed E-state index contributed by atoms with van der Waals surface area (Å²) in [6.07, 6.45) is 3.77. The van der Waals surface area contributed by atoms with E-state index in [0.29, 0.717) is 5.69 Å². The third kappa shape index (κ3) is 5.46. The molecule has 1 saturated heterocycles. The molecular formula is C19H29BN2O5. The van der Waals surface area contributed by atoms with Crippen LogP contribution in [0, 0.1) is 0 Å². The van der Waals surface area contributed by atoms with Crippen LogP contribution in [-0.2, 0) is 14.0 Å². The van der Waals surface area contributed by atoms with Gasteiger partial charge < -0.3 is 24.3 Å². The van der Waals surface area contributed by atoms with Crippen LogP contribution in [0.15, 0.2) is 17.7 Å². The molecule has 1 aromatic rings. The molecule has 0 radical (unpaired) electrons. The van der Waals surface area contributed by atoms with E-state index in [1.54, 1.807) is 33.0 Å². The quantitative estimate of drug-likeness (QED) is 0.608. The molecule has 2 N–H and O–H groups in total. The lowest BCUT2D eigenvalue weighted by Gasteiger charge is -2.32. The maximum atomic E-state index is 12.0. The highest BCUT2D eigenvalue weighted by Gasteiger charge is 2.52. The van der Waals surface area contributed by atoms with Gasteiger partial charge in [-0.1, -0.05) is 6.08 Å². The van der Waals surface area contributed by atoms with Crippen LogP contribution in [0.25, 0.3) is 6.08 Å². The second-order valence-corrected chi connectivity index (χ2v) is 8.67. The molecule has 148 valence electrons. The second-order valence-electron chi connectivity index (χ2n) is 8.67. The summed E-state index contributed by atoms with van der Waals surface area (Å²) >= 11 is 0. The fourth-order valence-corrected chi connectivity index (χ4v) is 2.48. The molecule has 0 spiro atoms. The lowest BCUT2D eigenvalue weighted by molar-refractivity contribution is 0.00578. The van der Waals surface area contributed by atoms with Crippen molar-refractivity contribution in [1.82, 2.24) is 10.3 Å². The summed E-state index contributed by atoms with van der Waals surface area (Å²) in [5.74, 6) is 0. The van der Waals surface area contributed by atoms with Crippen molar-refractivity contribution in [3.8, 4) is 0 Å². The van der Waals surface area contributed by atoms with E-state index < -0.39 is 30.0 Å². The minimum absolute atomic E-state index is 0.188. The Hall–Kier alpha value is -2.06. The molecule has 7 nitrogen and oxygen atoms in total. The van der Waals surface area contributed by atoms with Crippen molar-refractivity contribution < 1.29 is 23.6 Å². The molecule has 2 heterocycles. The van der Waals surface area contributed by atoms with Crippen molar-refractivity contribution in [3.63, 3.8) is 0 Å². The van der Waals surface area contributed by atoms with E-state index in [4.69, 9.17) is 14.0 Å². The first kappa shape index (κ1) is 21.2. The summed E-state index contributed by atoms with van der Waals surface area (Å²) in [4.78, 5) is 25.8. The monoisotopic (exact) mass is 376 g/mol. The zero-order valence-electron chi connectivity index (χ0n) is 17.1. The number of alkyl carbamates (subject to hydrolysis) is 1. The zero-order valence-corrected chi connectivity index (χ0v) is 17.1. The first-order chi connectivity index (χ1) is 12.3. The molecule has 8 heteroatoms. The van der Waals surface area contributed by atoms with Crippen LogP contribution >= 0.6 is 0 Å². The lowest BCUT2D eigenvalue weighted by atomic mass is 9.77. The number of H-pyrrole nitrogens is 1. The summed E-state index contributed by atoms with van der Waals surface area (Å²) in [5, 5.41) is 2.74. The predicted molar refractivity (Wildman–Crippen MR) is 104 cm³/mol. The van der Waals surface area contributed by atoms with Gasteiger partial charge in [-0.3, -0.25) is 4.79 Å². The summed E-state index contributed by atoms with van der Waals surface area (Å²) in [6.45, 7) is 13.5. The van der Waals surface area contributed by atoms with Crippen LogP contribution in [0.4, 0.5) is 4.79 Å². The Morgan fingerprint density at radius 1 is 1.26 bits per heavy atom. The van der Waals surface area contributed by atoms with Crippen LogP contribution in [-0.4, -0.2) is 47.8 Å². The number of nitrogens with one attached hydrogen (secondary N) is 2. The molecule has 1 fully saturated rings. The van der Waals surface area contributed by atoms with Crippen molar-refractivity contribution >= 4 is 25.6 Å². The van der Waals surface area contributed by atoms with E-state index in [9.17, 15) is 9.59 Å². The maximum absolute atomic E-state index is 12.0. The largest absolute Gasteiger partial charge is 0.492 e. The Morgan fingerprint density at radius 3 is 2.33 bits per heavy atom. The number of hydrogen-bond acceptors (Lipinski definition) is 5. The summed E-state index contributed by atoms with van der Waals surface area (Å²) in [5.41, 5.74) is 0.375. The molecule has 0 bridgehead atoms. The van der Waals surface area contributed by atoms with Gasteiger partial charge in [-0.25, -0.2) is 4.79 Å². The smallest absolute Gasteiger partial charge is 0.444 e. The SMILES string of the molecule is CC(C)(C)OC(=O)NCC(=Cc1c[nH]c(C=O)c1)B1OC(C)(C)C(C)(C)O1. The Labute approximate surface area is 161 Å². The molecule has 0 unspecified atom stereocenters. The highest BCUT2D eigenvalue weighted by molar-refractivity contribution is 6.56. The van der Waals surface area contributed by atoms with E-state index in [2.05, 4.69) is 10.3 Å². The number of aldehydes is 1. The summed E-state index contributed by atoms with van der Waals surface area (Å²) in [7, 11) is -0.625. The number of rotatable bonds is 5. The summed E-state index contributed by atoms with van der Waals surface area (Å²) in [6, 6.07) is 1.71. The number of carbonyl (C=O) groups excluding carboxylic acids is 2. The molecule has 0 aliphatic carbocycles. The van der Waals surface area contributed by atoms with Crippen molar-refractivity contribution in [3.05, 3.63) is 29.0 Å². The van der Waals surface area contributed by atoms with Crippen molar-refractivity contribution in [2.24, 2.45) is 0 Å². The van der Waals surface area contributed by atoms with Crippen molar-refractivity contribution in [1.29, 1.82) is 0 Å². The number of hydrogen-bond donors (Lipinski definition) is 2. The third-order valence-corrected chi connectivity index (χ3v) is 4.60. The number of aromatic amines is 1. The van der Waals surface area contributed by atoms with Gasteiger partial charge in [-0.15, -0.1) is 0 Å². The number of amides is 1. The van der Waals surface area contributed by atoms with Crippen LogP contribution in [0.5, 0.6) is 0 Å². The molecule has 1 aromatic heterocycles. The minimum Gasteiger partial charge on any atom is -0.444 e. The Morgan fingerprint density at radius 2 is 1.85 bits per heavy atom. The Kier molecular flexibility index (Phi) is 5.92. The van der Waals surface area contributed by atoms with Gasteiger partial charge in [0, 0.05) is 12.7 Å². The van der Waals surface area contributed by atoms with E-state index >= 15 is 0 Å². The van der Waals surface area contributed by atoms with Crippen molar-refractivity contribution in [2.45, 2.75) is 65.3 Å². The minimum atomic E-state index is -0.625. The van der Waals surface area contributed by atoms with Gasteiger partial charge in [-0.05, 0) is 65.6 Å². The molecule has 2 rings (SSSR count). The second kappa shape index (κ2) is 7.52. The maximum Gasteiger partial charge on any atom is 0.492 e. The fourth-order valence-electron chi connectivity index (χ4n) is 2.48. The van der Waals surface area contributed by atoms with Gasteiger partial charge >= 0.3 is 13.2 Å². The van der Waals surface area contributed by atoms with Gasteiger partial charge in [0.2, 0.25) is 0 Å². The predicted octanol–water partition coefficient (Wildman–Crippen LogP) is 3.37. The van der Waals surface area contributed by atoms with Gasteiger partial charge in [-0.2, -0.15) is 0 Å². The lowest BCUT2D eigenvalue weighted by Crippen LogP contribution is -2.41. The molecular weight excluding hydrogens is 347 g/mol. The number of ether oxygens (including phenoxy) is 1. The zero-order chi connectivity index (χ0) is 20.5. The molecule has 0 atom stereocenters. The van der Waals surface area contributed by atoms with E-state index in [1.165, 1.54) is 0 Å². The molecule has 27 heavy (non-hydrogen) atoms. The normalized spacial score (nSPS) is 19.1. The molecule has 1 aliphatic heterocycles. The fraction of sp³-hybridized carbons (Fsp3) is 0.579. The third-order valence-electron chi connectivity index (χ3n) is 4.60. The van der Waals surface area contributed by atoms with Crippen molar-refractivity contribution in [2.75, 3.05) is 6.54 Å². The molecule has 1 amide bonds. The van der Waals surface area contributed by atoms with E-state index in [1.807, 2.05) is 33.8 Å². The standard InChI is InChI=1S/C19H29BN2O5/c1-17(2,3)25-16(24)22-11-14(8-13-9-15(12-23)21-10-13)20-26-18(4,5)19(6,7)27-20/h8-10,12,21H,11H2,1-7H3,(H,22,24). The van der Waals surface area contributed by atoms with E-state index in [-0.39, 0.29) is 6.54 Å². The average molecular weight is 376 g/mol. The Bertz CT molecular complexity index is 715. The number of carbonyl (C=O) groups is 2. The van der Waals surface area contributed by atoms with Crippen LogP contribution in [0.3, 0.4) is 0 Å². The van der Waals surface area contributed by atoms with Gasteiger partial charge in [0.1, 0.15) is 5.60 Å². The highest BCUT2D eigenvalue weighted by Crippen LogP contribution is 2.38. The average Bonchev–Trinajstić information content (AvgIpc) is 3.03. The topological polar surface area (TPSA) is 89.7 Å². The summed E-state index contributed by atoms with van der Waals surface area (Å²) < 4.78 is 17.5. The van der Waals surface area contributed by atoms with Crippen LogP contribution < -0.4 is 5.32 Å². The van der Waals surface area contributed by atoms with Gasteiger partial charge in [0.05, 0.1) is 16.9 Å². The van der Waals surface area contributed by atoms with Crippen LogP contribution in [0.1, 0.15) is 64.5 Å². The first-order valence-corrected chi connectivity index (χ1v) is 8.99. The van der Waals surface area contributed by atoms with Crippen LogP contribution in [0.2, 0.25) is 0 Å². The van der Waals surface area contributed by atoms with Gasteiger partial charge in [0.15, 0.2) is 6.29 Å². The Balaban J connectivity index is 2.21. The molecule has 0 aromatic carbocycles. The molecule has 0 saturated carbocycles.